The highest BCUT2D eigenvalue weighted by Crippen LogP contribution is 2.19. The van der Waals surface area contributed by atoms with Gasteiger partial charge in [0.25, 0.3) is 0 Å². The first-order chi connectivity index (χ1) is 12.1. The fourth-order valence-corrected chi connectivity index (χ4v) is 3.49. The van der Waals surface area contributed by atoms with Crippen LogP contribution in [0.1, 0.15) is 31.2 Å². The van der Waals surface area contributed by atoms with Gasteiger partial charge in [-0.3, -0.25) is 9.59 Å². The lowest BCUT2D eigenvalue weighted by Crippen LogP contribution is -2.44. The SMILES string of the molecule is O=C(NCC1CCCO1)C1CCN(C(=O)Cc2cccc(F)c2)CC1. The molecule has 0 spiro atoms. The Morgan fingerprint density at radius 3 is 2.72 bits per heavy atom. The number of hydrogen-bond donors (Lipinski definition) is 1. The summed E-state index contributed by atoms with van der Waals surface area (Å²) in [6.07, 6.45) is 3.77. The first-order valence-electron chi connectivity index (χ1n) is 9.03. The summed E-state index contributed by atoms with van der Waals surface area (Å²) < 4.78 is 18.7. The number of benzene rings is 1. The van der Waals surface area contributed by atoms with Gasteiger partial charge in [0.2, 0.25) is 11.8 Å². The normalized spacial score (nSPS) is 21.3. The monoisotopic (exact) mass is 348 g/mol. The Morgan fingerprint density at radius 2 is 2.04 bits per heavy atom. The largest absolute Gasteiger partial charge is 0.376 e. The van der Waals surface area contributed by atoms with Gasteiger partial charge in [0.05, 0.1) is 12.5 Å². The maximum atomic E-state index is 13.2. The second kappa shape index (κ2) is 8.43. The molecule has 1 N–H and O–H groups in total. The molecule has 1 unspecified atom stereocenters. The van der Waals surface area contributed by atoms with Crippen molar-refractivity contribution in [2.45, 2.75) is 38.2 Å². The van der Waals surface area contributed by atoms with E-state index in [2.05, 4.69) is 5.32 Å². The van der Waals surface area contributed by atoms with Crippen molar-refractivity contribution < 1.29 is 18.7 Å². The molecule has 0 aromatic heterocycles. The smallest absolute Gasteiger partial charge is 0.226 e. The van der Waals surface area contributed by atoms with Crippen LogP contribution in [-0.2, 0) is 20.7 Å². The molecular formula is C19H25FN2O3. The fourth-order valence-electron chi connectivity index (χ4n) is 3.49. The molecule has 3 rings (SSSR count). The van der Waals surface area contributed by atoms with E-state index in [0.717, 1.165) is 19.4 Å². The first kappa shape index (κ1) is 17.9. The molecule has 5 nitrogen and oxygen atoms in total. The van der Waals surface area contributed by atoms with Gasteiger partial charge in [-0.05, 0) is 43.4 Å². The number of likely N-dealkylation sites (tertiary alicyclic amines) is 1. The van der Waals surface area contributed by atoms with Crippen LogP contribution >= 0.6 is 0 Å². The molecule has 1 atom stereocenters. The molecular weight excluding hydrogens is 323 g/mol. The number of rotatable bonds is 5. The van der Waals surface area contributed by atoms with Crippen molar-refractivity contribution >= 4 is 11.8 Å². The van der Waals surface area contributed by atoms with E-state index in [4.69, 9.17) is 4.74 Å². The lowest BCUT2D eigenvalue weighted by atomic mass is 9.95. The van der Waals surface area contributed by atoms with Crippen LogP contribution in [-0.4, -0.2) is 49.1 Å². The van der Waals surface area contributed by atoms with Gasteiger partial charge in [-0.25, -0.2) is 4.39 Å². The third-order valence-corrected chi connectivity index (χ3v) is 4.99. The lowest BCUT2D eigenvalue weighted by Gasteiger charge is -2.31. The number of carbonyl (C=O) groups is 2. The fraction of sp³-hybridized carbons (Fsp3) is 0.579. The molecule has 136 valence electrons. The topological polar surface area (TPSA) is 58.6 Å². The van der Waals surface area contributed by atoms with Crippen molar-refractivity contribution in [1.29, 1.82) is 0 Å². The minimum absolute atomic E-state index is 0.0104. The molecule has 0 radical (unpaired) electrons. The average molecular weight is 348 g/mol. The number of piperidine rings is 1. The molecule has 2 aliphatic rings. The zero-order valence-electron chi connectivity index (χ0n) is 14.4. The van der Waals surface area contributed by atoms with E-state index in [0.29, 0.717) is 38.0 Å². The van der Waals surface area contributed by atoms with E-state index in [1.165, 1.54) is 12.1 Å². The third kappa shape index (κ3) is 5.01. The van der Waals surface area contributed by atoms with Crippen LogP contribution in [0.25, 0.3) is 0 Å². The highest BCUT2D eigenvalue weighted by Gasteiger charge is 2.28. The number of halogens is 1. The Labute approximate surface area is 147 Å². The first-order valence-corrected chi connectivity index (χ1v) is 9.03. The van der Waals surface area contributed by atoms with Crippen molar-refractivity contribution in [3.8, 4) is 0 Å². The van der Waals surface area contributed by atoms with E-state index < -0.39 is 0 Å². The molecule has 6 heteroatoms. The van der Waals surface area contributed by atoms with Crippen LogP contribution in [0, 0.1) is 11.7 Å². The number of nitrogens with zero attached hydrogens (tertiary/aromatic N) is 1. The Balaban J connectivity index is 1.41. The third-order valence-electron chi connectivity index (χ3n) is 4.99. The summed E-state index contributed by atoms with van der Waals surface area (Å²) in [6, 6.07) is 6.13. The zero-order chi connectivity index (χ0) is 17.6. The summed E-state index contributed by atoms with van der Waals surface area (Å²) in [5.41, 5.74) is 0.682. The quantitative estimate of drug-likeness (QED) is 0.884. The van der Waals surface area contributed by atoms with Gasteiger partial charge in [0.15, 0.2) is 0 Å². The van der Waals surface area contributed by atoms with Crippen LogP contribution in [0.4, 0.5) is 4.39 Å². The van der Waals surface area contributed by atoms with Crippen LogP contribution < -0.4 is 5.32 Å². The number of ether oxygens (including phenoxy) is 1. The highest BCUT2D eigenvalue weighted by molar-refractivity contribution is 5.81. The van der Waals surface area contributed by atoms with Gasteiger partial charge in [-0.1, -0.05) is 12.1 Å². The van der Waals surface area contributed by atoms with Crippen molar-refractivity contribution in [3.05, 3.63) is 35.6 Å². The van der Waals surface area contributed by atoms with Gasteiger partial charge in [-0.15, -0.1) is 0 Å². The summed E-state index contributed by atoms with van der Waals surface area (Å²) in [5.74, 6) is -0.317. The summed E-state index contributed by atoms with van der Waals surface area (Å²) in [5, 5.41) is 2.98. The molecule has 0 bridgehead atoms. The van der Waals surface area contributed by atoms with Crippen LogP contribution in [0.5, 0.6) is 0 Å². The standard InChI is InChI=1S/C19H25FN2O3/c20-16-4-1-3-14(11-16)12-18(23)22-8-6-15(7-9-22)19(24)21-13-17-5-2-10-25-17/h1,3-4,11,15,17H,2,5-10,12-13H2,(H,21,24). The van der Waals surface area contributed by atoms with Crippen LogP contribution in [0.3, 0.4) is 0 Å². The van der Waals surface area contributed by atoms with Crippen molar-refractivity contribution in [2.24, 2.45) is 5.92 Å². The molecule has 2 heterocycles. The molecule has 0 aliphatic carbocycles. The van der Waals surface area contributed by atoms with E-state index in [1.807, 2.05) is 0 Å². The summed E-state index contributed by atoms with van der Waals surface area (Å²) in [7, 11) is 0. The minimum Gasteiger partial charge on any atom is -0.376 e. The van der Waals surface area contributed by atoms with Crippen molar-refractivity contribution in [2.75, 3.05) is 26.2 Å². The lowest BCUT2D eigenvalue weighted by molar-refractivity contribution is -0.135. The summed E-state index contributed by atoms with van der Waals surface area (Å²) >= 11 is 0. The highest BCUT2D eigenvalue weighted by atomic mass is 19.1. The van der Waals surface area contributed by atoms with Crippen LogP contribution in [0.15, 0.2) is 24.3 Å². The number of carbonyl (C=O) groups excluding carboxylic acids is 2. The van der Waals surface area contributed by atoms with E-state index in [-0.39, 0.29) is 36.1 Å². The number of nitrogens with one attached hydrogen (secondary N) is 1. The molecule has 2 saturated heterocycles. The Morgan fingerprint density at radius 1 is 1.24 bits per heavy atom. The van der Waals surface area contributed by atoms with Crippen LogP contribution in [0.2, 0.25) is 0 Å². The van der Waals surface area contributed by atoms with Gasteiger partial charge < -0.3 is 15.0 Å². The molecule has 1 aromatic carbocycles. The second-order valence-electron chi connectivity index (χ2n) is 6.84. The van der Waals surface area contributed by atoms with Gasteiger partial charge in [0.1, 0.15) is 5.82 Å². The minimum atomic E-state index is -0.327. The molecule has 2 amide bonds. The molecule has 2 aliphatic heterocycles. The van der Waals surface area contributed by atoms with E-state index >= 15 is 0 Å². The molecule has 0 saturated carbocycles. The second-order valence-corrected chi connectivity index (χ2v) is 6.84. The predicted octanol–water partition coefficient (Wildman–Crippen LogP) is 1.90. The predicted molar refractivity (Wildman–Crippen MR) is 91.4 cm³/mol. The van der Waals surface area contributed by atoms with E-state index in [1.54, 1.807) is 17.0 Å². The summed E-state index contributed by atoms with van der Waals surface area (Å²) in [6.45, 7) is 2.52. The van der Waals surface area contributed by atoms with Gasteiger partial charge in [0, 0.05) is 32.2 Å². The maximum Gasteiger partial charge on any atom is 0.226 e. The van der Waals surface area contributed by atoms with Gasteiger partial charge >= 0.3 is 0 Å². The van der Waals surface area contributed by atoms with Crippen molar-refractivity contribution in [1.82, 2.24) is 10.2 Å². The Bertz CT molecular complexity index is 608. The van der Waals surface area contributed by atoms with Gasteiger partial charge in [-0.2, -0.15) is 0 Å². The van der Waals surface area contributed by atoms with E-state index in [9.17, 15) is 14.0 Å². The zero-order valence-corrected chi connectivity index (χ0v) is 14.4. The molecule has 1 aromatic rings. The van der Waals surface area contributed by atoms with Crippen molar-refractivity contribution in [3.63, 3.8) is 0 Å². The maximum absolute atomic E-state index is 13.2. The number of hydrogen-bond acceptors (Lipinski definition) is 3. The Kier molecular flexibility index (Phi) is 6.02. The molecule has 25 heavy (non-hydrogen) atoms. The molecule has 2 fully saturated rings. The number of amides is 2. The average Bonchev–Trinajstić information content (AvgIpc) is 3.13. The summed E-state index contributed by atoms with van der Waals surface area (Å²) in [4.78, 5) is 26.4. The Hall–Kier alpha value is -1.95.